The van der Waals surface area contributed by atoms with Crippen molar-refractivity contribution >= 4 is 28.9 Å². The Morgan fingerprint density at radius 2 is 1.89 bits per heavy atom. The van der Waals surface area contributed by atoms with Gasteiger partial charge in [-0.15, -0.1) is 0 Å². The lowest BCUT2D eigenvalue weighted by atomic mass is 10.1. The van der Waals surface area contributed by atoms with E-state index in [9.17, 15) is 0 Å². The molecule has 2 aromatic carbocycles. The largest absolute Gasteiger partial charge is 0.455 e. The van der Waals surface area contributed by atoms with Gasteiger partial charge in [-0.05, 0) is 42.3 Å². The molecular formula is C14H13Cl2NO. The van der Waals surface area contributed by atoms with Gasteiger partial charge < -0.3 is 10.5 Å². The van der Waals surface area contributed by atoms with Gasteiger partial charge in [0.15, 0.2) is 5.75 Å². The zero-order valence-electron chi connectivity index (χ0n) is 9.91. The summed E-state index contributed by atoms with van der Waals surface area (Å²) in [6, 6.07) is 10.7. The highest BCUT2D eigenvalue weighted by atomic mass is 35.5. The van der Waals surface area contributed by atoms with Crippen molar-refractivity contribution in [2.24, 2.45) is 0 Å². The first kappa shape index (κ1) is 13.1. The molecule has 0 fully saturated rings. The molecule has 0 atom stereocenters. The van der Waals surface area contributed by atoms with Crippen LogP contribution >= 0.6 is 23.2 Å². The average molecular weight is 282 g/mol. The van der Waals surface area contributed by atoms with Crippen molar-refractivity contribution in [1.29, 1.82) is 0 Å². The SMILES string of the molecule is CCc1cc(Oc2cc(Cl)ccc2N)ccc1Cl. The third kappa shape index (κ3) is 2.89. The van der Waals surface area contributed by atoms with E-state index in [0.29, 0.717) is 22.2 Å². The molecule has 94 valence electrons. The van der Waals surface area contributed by atoms with Gasteiger partial charge in [-0.2, -0.15) is 0 Å². The van der Waals surface area contributed by atoms with Gasteiger partial charge in [0, 0.05) is 16.1 Å². The van der Waals surface area contributed by atoms with Gasteiger partial charge >= 0.3 is 0 Å². The third-order valence-electron chi connectivity index (χ3n) is 2.60. The minimum absolute atomic E-state index is 0.548. The Morgan fingerprint density at radius 3 is 2.61 bits per heavy atom. The second-order valence-electron chi connectivity index (χ2n) is 3.89. The lowest BCUT2D eigenvalue weighted by Crippen LogP contribution is -1.93. The molecule has 0 spiro atoms. The van der Waals surface area contributed by atoms with E-state index in [2.05, 4.69) is 0 Å². The van der Waals surface area contributed by atoms with Crippen LogP contribution < -0.4 is 10.5 Å². The first-order valence-corrected chi connectivity index (χ1v) is 6.37. The van der Waals surface area contributed by atoms with Crippen LogP contribution in [0.4, 0.5) is 5.69 Å². The van der Waals surface area contributed by atoms with Gasteiger partial charge in [0.05, 0.1) is 5.69 Å². The summed E-state index contributed by atoms with van der Waals surface area (Å²) < 4.78 is 5.72. The second kappa shape index (κ2) is 5.51. The van der Waals surface area contributed by atoms with Crippen LogP contribution in [0.25, 0.3) is 0 Å². The predicted octanol–water partition coefficient (Wildman–Crippen LogP) is 4.93. The summed E-state index contributed by atoms with van der Waals surface area (Å²) in [5.41, 5.74) is 7.41. The Morgan fingerprint density at radius 1 is 1.11 bits per heavy atom. The highest BCUT2D eigenvalue weighted by molar-refractivity contribution is 6.31. The normalized spacial score (nSPS) is 10.4. The van der Waals surface area contributed by atoms with E-state index in [0.717, 1.165) is 17.0 Å². The summed E-state index contributed by atoms with van der Waals surface area (Å²) >= 11 is 12.0. The molecule has 0 heterocycles. The molecular weight excluding hydrogens is 269 g/mol. The van der Waals surface area contributed by atoms with E-state index in [1.807, 2.05) is 25.1 Å². The zero-order chi connectivity index (χ0) is 13.1. The Kier molecular flexibility index (Phi) is 4.00. The minimum Gasteiger partial charge on any atom is -0.455 e. The molecule has 2 rings (SSSR count). The highest BCUT2D eigenvalue weighted by Gasteiger charge is 2.05. The van der Waals surface area contributed by atoms with Crippen LogP contribution in [0.1, 0.15) is 12.5 Å². The number of hydrogen-bond acceptors (Lipinski definition) is 2. The first-order chi connectivity index (χ1) is 8.60. The van der Waals surface area contributed by atoms with E-state index < -0.39 is 0 Å². The van der Waals surface area contributed by atoms with E-state index in [1.54, 1.807) is 18.2 Å². The van der Waals surface area contributed by atoms with Crippen molar-refractivity contribution in [3.8, 4) is 11.5 Å². The molecule has 0 aliphatic rings. The van der Waals surface area contributed by atoms with Gasteiger partial charge in [0.2, 0.25) is 0 Å². The quantitative estimate of drug-likeness (QED) is 0.810. The van der Waals surface area contributed by atoms with Gasteiger partial charge in [-0.25, -0.2) is 0 Å². The Labute approximate surface area is 116 Å². The molecule has 0 saturated heterocycles. The number of hydrogen-bond donors (Lipinski definition) is 1. The Balaban J connectivity index is 2.31. The van der Waals surface area contributed by atoms with Crippen LogP contribution in [0.5, 0.6) is 11.5 Å². The Hall–Kier alpha value is -1.38. The van der Waals surface area contributed by atoms with Crippen LogP contribution in [0.2, 0.25) is 10.0 Å². The minimum atomic E-state index is 0.548. The molecule has 0 aliphatic carbocycles. The maximum Gasteiger partial charge on any atom is 0.151 e. The number of anilines is 1. The molecule has 18 heavy (non-hydrogen) atoms. The number of aryl methyl sites for hydroxylation is 1. The second-order valence-corrected chi connectivity index (χ2v) is 4.73. The molecule has 0 bridgehead atoms. The zero-order valence-corrected chi connectivity index (χ0v) is 11.4. The summed E-state index contributed by atoms with van der Waals surface area (Å²) in [7, 11) is 0. The number of nitrogen functional groups attached to an aromatic ring is 1. The van der Waals surface area contributed by atoms with Gasteiger partial charge in [0.1, 0.15) is 5.75 Å². The fourth-order valence-electron chi connectivity index (χ4n) is 1.61. The van der Waals surface area contributed by atoms with Crippen LogP contribution in [-0.2, 0) is 6.42 Å². The lowest BCUT2D eigenvalue weighted by Gasteiger charge is -2.10. The fraction of sp³-hybridized carbons (Fsp3) is 0.143. The van der Waals surface area contributed by atoms with Gasteiger partial charge in [-0.1, -0.05) is 30.1 Å². The molecule has 0 radical (unpaired) electrons. The monoisotopic (exact) mass is 281 g/mol. The summed E-state index contributed by atoms with van der Waals surface area (Å²) in [6.07, 6.45) is 0.848. The molecule has 2 N–H and O–H groups in total. The molecule has 2 nitrogen and oxygen atoms in total. The smallest absolute Gasteiger partial charge is 0.151 e. The van der Waals surface area contributed by atoms with Crippen molar-refractivity contribution in [2.75, 3.05) is 5.73 Å². The van der Waals surface area contributed by atoms with Crippen molar-refractivity contribution in [3.63, 3.8) is 0 Å². The molecule has 0 amide bonds. The lowest BCUT2D eigenvalue weighted by molar-refractivity contribution is 0.484. The third-order valence-corrected chi connectivity index (χ3v) is 3.21. The standard InChI is InChI=1S/C14H13Cl2NO/c1-2-9-7-11(4-5-12(9)16)18-14-8-10(15)3-6-13(14)17/h3-8H,2,17H2,1H3. The molecule has 0 aromatic heterocycles. The number of benzene rings is 2. The summed E-state index contributed by atoms with van der Waals surface area (Å²) in [5.74, 6) is 1.25. The summed E-state index contributed by atoms with van der Waals surface area (Å²) in [6.45, 7) is 2.04. The highest BCUT2D eigenvalue weighted by Crippen LogP contribution is 2.32. The van der Waals surface area contributed by atoms with Gasteiger partial charge in [0.25, 0.3) is 0 Å². The average Bonchev–Trinajstić information content (AvgIpc) is 2.36. The topological polar surface area (TPSA) is 35.2 Å². The molecule has 0 aliphatic heterocycles. The fourth-order valence-corrected chi connectivity index (χ4v) is 2.02. The van der Waals surface area contributed by atoms with Crippen molar-refractivity contribution in [2.45, 2.75) is 13.3 Å². The predicted molar refractivity (Wildman–Crippen MR) is 76.8 cm³/mol. The van der Waals surface area contributed by atoms with Crippen LogP contribution in [0.3, 0.4) is 0 Å². The van der Waals surface area contributed by atoms with E-state index >= 15 is 0 Å². The molecule has 2 aromatic rings. The maximum absolute atomic E-state index is 6.05. The van der Waals surface area contributed by atoms with E-state index in [1.165, 1.54) is 0 Å². The van der Waals surface area contributed by atoms with Gasteiger partial charge in [-0.3, -0.25) is 0 Å². The number of nitrogens with two attached hydrogens (primary N) is 1. The van der Waals surface area contributed by atoms with E-state index in [4.69, 9.17) is 33.7 Å². The summed E-state index contributed by atoms with van der Waals surface area (Å²) in [5, 5.41) is 1.33. The Bertz CT molecular complexity index is 570. The van der Waals surface area contributed by atoms with Crippen molar-refractivity contribution in [1.82, 2.24) is 0 Å². The number of ether oxygens (including phenoxy) is 1. The first-order valence-electron chi connectivity index (χ1n) is 5.61. The summed E-state index contributed by atoms with van der Waals surface area (Å²) in [4.78, 5) is 0. The molecule has 0 saturated carbocycles. The van der Waals surface area contributed by atoms with Crippen LogP contribution in [0, 0.1) is 0 Å². The van der Waals surface area contributed by atoms with Crippen LogP contribution in [-0.4, -0.2) is 0 Å². The molecule has 0 unspecified atom stereocenters. The van der Waals surface area contributed by atoms with Crippen LogP contribution in [0.15, 0.2) is 36.4 Å². The maximum atomic E-state index is 6.05. The number of rotatable bonds is 3. The number of halogens is 2. The van der Waals surface area contributed by atoms with Crippen molar-refractivity contribution < 1.29 is 4.74 Å². The molecule has 4 heteroatoms. The van der Waals surface area contributed by atoms with Crippen molar-refractivity contribution in [3.05, 3.63) is 52.0 Å². The van der Waals surface area contributed by atoms with E-state index in [-0.39, 0.29) is 0 Å².